The van der Waals surface area contributed by atoms with Crippen LogP contribution in [0.2, 0.25) is 0 Å². The molecule has 0 aromatic carbocycles. The van der Waals surface area contributed by atoms with Crippen molar-refractivity contribution in [1.29, 1.82) is 0 Å². The third-order valence-electron chi connectivity index (χ3n) is 0.882. The molecule has 1 aliphatic heterocycles. The van der Waals surface area contributed by atoms with Crippen molar-refractivity contribution >= 4 is 15.6 Å². The Morgan fingerprint density at radius 3 is 2.38 bits per heavy atom. The van der Waals surface area contributed by atoms with Gasteiger partial charge >= 0.3 is 37.4 Å². The summed E-state index contributed by atoms with van der Waals surface area (Å²) >= 11 is 0. The van der Waals surface area contributed by atoms with Crippen LogP contribution in [0.5, 0.6) is 0 Å². The van der Waals surface area contributed by atoms with Crippen molar-refractivity contribution in [2.45, 2.75) is 0 Å². The molecule has 0 spiro atoms. The van der Waals surface area contributed by atoms with Crippen LogP contribution >= 0.6 is 15.6 Å². The monoisotopic (exact) mass is 242 g/mol. The van der Waals surface area contributed by atoms with Crippen molar-refractivity contribution in [1.82, 2.24) is 0 Å². The molecule has 1 fully saturated rings. The van der Waals surface area contributed by atoms with Gasteiger partial charge in [0.1, 0.15) is 0 Å². The molecule has 0 amide bonds. The summed E-state index contributed by atoms with van der Waals surface area (Å²) in [5, 5.41) is 7.98. The van der Waals surface area contributed by atoms with Gasteiger partial charge in [0.15, 0.2) is 0 Å². The summed E-state index contributed by atoms with van der Waals surface area (Å²) < 4.78 is 36.8. The number of phosphoric acid groups is 2. The van der Waals surface area contributed by atoms with Gasteiger partial charge in [0.25, 0.3) is 7.82 Å². The molecule has 0 radical (unpaired) electrons. The number of hydrogen-bond donors (Lipinski definition) is 1. The van der Waals surface area contributed by atoms with Crippen molar-refractivity contribution in [3.05, 3.63) is 0 Å². The summed E-state index contributed by atoms with van der Waals surface area (Å²) in [6.45, 7) is -0.655. The van der Waals surface area contributed by atoms with Crippen LogP contribution < -0.4 is 34.5 Å². The van der Waals surface area contributed by atoms with E-state index >= 15 is 0 Å². The Labute approximate surface area is 95.6 Å². The van der Waals surface area contributed by atoms with Crippen molar-refractivity contribution in [3.8, 4) is 0 Å². The van der Waals surface area contributed by atoms with E-state index in [-0.39, 0.29) is 42.8 Å². The average molecular weight is 242 g/mol. The molecule has 8 nitrogen and oxygen atoms in total. The Balaban J connectivity index is 0.00000144. The molecule has 1 N–H and O–H groups in total. The zero-order valence-electron chi connectivity index (χ0n) is 6.61. The second-order valence-corrected chi connectivity index (χ2v) is 4.85. The van der Waals surface area contributed by atoms with Gasteiger partial charge in [0.05, 0.1) is 13.2 Å². The first kappa shape index (κ1) is 14.2. The van der Waals surface area contributed by atoms with E-state index in [0.717, 1.165) is 0 Å². The maximum absolute atomic E-state index is 10.9. The molecule has 1 aliphatic rings. The van der Waals surface area contributed by atoms with E-state index in [1.54, 1.807) is 0 Å². The smallest absolute Gasteiger partial charge is 0.756 e. The number of rotatable bonds is 1. The first-order valence-electron chi connectivity index (χ1n) is 2.72. The molecule has 1 rings (SSSR count). The van der Waals surface area contributed by atoms with Gasteiger partial charge in [0, 0.05) is 0 Å². The minimum absolute atomic E-state index is 0. The quantitative estimate of drug-likeness (QED) is 0.225. The van der Waals surface area contributed by atoms with Crippen LogP contribution in [0.15, 0.2) is 0 Å². The zero-order valence-corrected chi connectivity index (χ0v) is 10.4. The van der Waals surface area contributed by atoms with Crippen LogP contribution in [-0.4, -0.2) is 18.5 Å². The van der Waals surface area contributed by atoms with Crippen LogP contribution in [0, 0.1) is 0 Å². The Kier molecular flexibility index (Phi) is 5.85. The van der Waals surface area contributed by atoms with Crippen LogP contribution in [0.4, 0.5) is 0 Å². The maximum atomic E-state index is 10.9. The number of hydrogen-bond acceptors (Lipinski definition) is 8. The topological polar surface area (TPSA) is 114 Å². The molecule has 2 unspecified atom stereocenters. The average Bonchev–Trinajstić information content (AvgIpc) is 2.09. The minimum Gasteiger partial charge on any atom is -0.756 e. The summed E-state index contributed by atoms with van der Waals surface area (Å²) in [6.07, 6.45) is 0. The molecule has 0 aliphatic carbocycles. The third kappa shape index (κ3) is 4.51. The second kappa shape index (κ2) is 5.34. The van der Waals surface area contributed by atoms with Gasteiger partial charge in [-0.2, -0.15) is 0 Å². The molecular weight excluding hydrogens is 237 g/mol. The van der Waals surface area contributed by atoms with E-state index < -0.39 is 15.6 Å². The molecule has 1 saturated heterocycles. The van der Waals surface area contributed by atoms with Crippen molar-refractivity contribution in [2.24, 2.45) is 0 Å². The number of phosphoric ester groups is 1. The second-order valence-electron chi connectivity index (χ2n) is 1.72. The molecule has 2 atom stereocenters. The fraction of sp³-hybridized carbons (Fsp3) is 1.00. The molecule has 0 saturated carbocycles. The van der Waals surface area contributed by atoms with Crippen LogP contribution in [0.1, 0.15) is 0 Å². The fourth-order valence-electron chi connectivity index (χ4n) is 0.506. The third-order valence-corrected chi connectivity index (χ3v) is 3.68. The van der Waals surface area contributed by atoms with Gasteiger partial charge in [0.2, 0.25) is 0 Å². The molecule has 13 heavy (non-hydrogen) atoms. The molecule has 1 heterocycles. The Hall–Kier alpha value is 1.22. The van der Waals surface area contributed by atoms with E-state index in [1.807, 2.05) is 0 Å². The molecule has 0 bridgehead atoms. The Morgan fingerprint density at radius 2 is 1.85 bits per heavy atom. The van der Waals surface area contributed by atoms with Gasteiger partial charge in [-0.1, -0.05) is 0 Å². The fourth-order valence-corrected chi connectivity index (χ4v) is 2.63. The van der Waals surface area contributed by atoms with Crippen LogP contribution in [0.3, 0.4) is 0 Å². The zero-order chi connectivity index (χ0) is 9.24. The summed E-state index contributed by atoms with van der Waals surface area (Å²) in [5.74, 6) is 0. The van der Waals surface area contributed by atoms with E-state index in [0.29, 0.717) is 0 Å². The van der Waals surface area contributed by atoms with E-state index in [4.69, 9.17) is 5.26 Å². The maximum Gasteiger partial charge on any atom is 1.00 e. The Morgan fingerprint density at radius 1 is 1.31 bits per heavy atom. The van der Waals surface area contributed by atoms with Gasteiger partial charge in [-0.05, 0) is 0 Å². The molecule has 11 heteroatoms. The SMILES string of the molecule is O=P1([O-])OCCOP(=O)(OO)O1.[Na+]. The largest absolute Gasteiger partial charge is 1.00 e. The van der Waals surface area contributed by atoms with E-state index in [2.05, 4.69) is 18.0 Å². The van der Waals surface area contributed by atoms with Crippen molar-refractivity contribution in [3.63, 3.8) is 0 Å². The molecule has 0 aromatic heterocycles. The van der Waals surface area contributed by atoms with E-state index in [1.165, 1.54) is 0 Å². The van der Waals surface area contributed by atoms with Crippen molar-refractivity contribution in [2.75, 3.05) is 13.2 Å². The molecule has 0 aromatic rings. The summed E-state index contributed by atoms with van der Waals surface area (Å²) in [4.78, 5) is 10.6. The Bertz CT molecular complexity index is 253. The van der Waals surface area contributed by atoms with Crippen molar-refractivity contribution < 1.29 is 66.9 Å². The van der Waals surface area contributed by atoms with Gasteiger partial charge in [-0.15, -0.1) is 4.67 Å². The van der Waals surface area contributed by atoms with E-state index in [9.17, 15) is 14.0 Å². The summed E-state index contributed by atoms with van der Waals surface area (Å²) in [6, 6.07) is 0. The van der Waals surface area contributed by atoms with Gasteiger partial charge < -0.3 is 9.42 Å². The summed E-state index contributed by atoms with van der Waals surface area (Å²) in [7, 11) is -9.10. The first-order valence-corrected chi connectivity index (χ1v) is 5.64. The van der Waals surface area contributed by atoms with Crippen LogP contribution in [-0.2, 0) is 27.2 Å². The predicted octanol–water partition coefficient (Wildman–Crippen LogP) is -2.88. The van der Waals surface area contributed by atoms with Gasteiger partial charge in [-0.3, -0.25) is 9.09 Å². The predicted molar refractivity (Wildman–Crippen MR) is 31.9 cm³/mol. The normalized spacial score (nSPS) is 40.5. The standard InChI is InChI=1S/C2H6O8P2.Na/c3-9-12(6)8-2-1-7-11(4,5)10-12;/h3H,1-2H2,(H,4,5);/q;+1/p-1. The molecular formula is C2H5NaO8P2. The first-order chi connectivity index (χ1) is 5.47. The summed E-state index contributed by atoms with van der Waals surface area (Å²) in [5.41, 5.74) is 0. The molecule has 72 valence electrons. The minimum atomic E-state index is -4.69. The van der Waals surface area contributed by atoms with Crippen LogP contribution in [0.25, 0.3) is 0 Å². The van der Waals surface area contributed by atoms with Gasteiger partial charge in [-0.25, -0.2) is 14.1 Å².